The molecule has 162 valence electrons. The van der Waals surface area contributed by atoms with Crippen LogP contribution in [0.3, 0.4) is 0 Å². The number of hydrogen-bond acceptors (Lipinski definition) is 6. The second-order valence-corrected chi connectivity index (χ2v) is 7.24. The van der Waals surface area contributed by atoms with E-state index in [1.807, 2.05) is 43.3 Å². The molecule has 0 aliphatic rings. The van der Waals surface area contributed by atoms with Gasteiger partial charge in [-0.1, -0.05) is 36.4 Å². The van der Waals surface area contributed by atoms with Gasteiger partial charge in [0.2, 0.25) is 0 Å². The van der Waals surface area contributed by atoms with Gasteiger partial charge < -0.3 is 14.2 Å². The van der Waals surface area contributed by atoms with E-state index in [1.54, 1.807) is 30.5 Å². The van der Waals surface area contributed by atoms with E-state index in [9.17, 15) is 9.59 Å². The summed E-state index contributed by atoms with van der Waals surface area (Å²) in [6, 6.07) is 19.6. The molecule has 32 heavy (non-hydrogen) atoms. The summed E-state index contributed by atoms with van der Waals surface area (Å²) in [5.74, 6) is 0.393. The van der Waals surface area contributed by atoms with Crippen molar-refractivity contribution < 1.29 is 19.0 Å². The highest BCUT2D eigenvalue weighted by Gasteiger charge is 2.14. The van der Waals surface area contributed by atoms with E-state index in [2.05, 4.69) is 4.98 Å². The van der Waals surface area contributed by atoms with E-state index in [0.29, 0.717) is 35.0 Å². The van der Waals surface area contributed by atoms with E-state index >= 15 is 0 Å². The van der Waals surface area contributed by atoms with Gasteiger partial charge in [0.25, 0.3) is 5.56 Å². The predicted molar refractivity (Wildman–Crippen MR) is 119 cm³/mol. The molecule has 0 unspecified atom stereocenters. The van der Waals surface area contributed by atoms with Crippen molar-refractivity contribution in [1.82, 2.24) is 9.38 Å². The standard InChI is InChI=1S/C25H22N2O5/c1-17-8-11-23-26-20(13-24(28)27(23)14-17)16-32-25(29)19-9-10-21(22(12-19)30-2)31-15-18-6-4-3-5-7-18/h3-14H,15-16H2,1-2H3. The maximum atomic E-state index is 12.5. The zero-order chi connectivity index (χ0) is 22.5. The molecule has 2 aromatic heterocycles. The molecule has 0 amide bonds. The molecule has 0 atom stereocenters. The van der Waals surface area contributed by atoms with Gasteiger partial charge in [0.05, 0.1) is 18.4 Å². The number of carbonyl (C=O) groups excluding carboxylic acids is 1. The minimum Gasteiger partial charge on any atom is -0.493 e. The summed E-state index contributed by atoms with van der Waals surface area (Å²) in [4.78, 5) is 29.2. The molecule has 2 aromatic carbocycles. The second-order valence-electron chi connectivity index (χ2n) is 7.24. The van der Waals surface area contributed by atoms with Crippen molar-refractivity contribution in [2.45, 2.75) is 20.1 Å². The highest BCUT2D eigenvalue weighted by atomic mass is 16.5. The molecule has 4 rings (SSSR count). The first kappa shape index (κ1) is 21.1. The summed E-state index contributed by atoms with van der Waals surface area (Å²) in [5, 5.41) is 0. The first-order chi connectivity index (χ1) is 15.5. The highest BCUT2D eigenvalue weighted by molar-refractivity contribution is 5.90. The number of pyridine rings is 1. The highest BCUT2D eigenvalue weighted by Crippen LogP contribution is 2.29. The van der Waals surface area contributed by atoms with Crippen LogP contribution in [0.1, 0.15) is 27.2 Å². The summed E-state index contributed by atoms with van der Waals surface area (Å²) in [6.07, 6.45) is 1.72. The number of hydrogen-bond donors (Lipinski definition) is 0. The van der Waals surface area contributed by atoms with Crippen LogP contribution < -0.4 is 15.0 Å². The molecule has 0 fully saturated rings. The van der Waals surface area contributed by atoms with Gasteiger partial charge in [0.15, 0.2) is 11.5 Å². The largest absolute Gasteiger partial charge is 0.493 e. The van der Waals surface area contributed by atoms with Gasteiger partial charge in [0, 0.05) is 12.3 Å². The van der Waals surface area contributed by atoms with Crippen molar-refractivity contribution in [2.24, 2.45) is 0 Å². The fourth-order valence-electron chi connectivity index (χ4n) is 3.20. The number of ether oxygens (including phenoxy) is 3. The van der Waals surface area contributed by atoms with Crippen LogP contribution in [0.4, 0.5) is 0 Å². The Bertz CT molecular complexity index is 1320. The molecule has 4 aromatic rings. The maximum Gasteiger partial charge on any atom is 0.338 e. The molecular formula is C25H22N2O5. The van der Waals surface area contributed by atoms with Crippen LogP contribution in [-0.4, -0.2) is 22.5 Å². The summed E-state index contributed by atoms with van der Waals surface area (Å²) in [6.45, 7) is 2.16. The van der Waals surface area contributed by atoms with Crippen molar-refractivity contribution in [3.05, 3.63) is 106 Å². The lowest BCUT2D eigenvalue weighted by molar-refractivity contribution is 0.0467. The third-order valence-corrected chi connectivity index (χ3v) is 4.85. The van der Waals surface area contributed by atoms with Crippen molar-refractivity contribution in [3.63, 3.8) is 0 Å². The Morgan fingerprint density at radius 2 is 1.78 bits per heavy atom. The minimum absolute atomic E-state index is 0.118. The van der Waals surface area contributed by atoms with Crippen molar-refractivity contribution >= 4 is 11.6 Å². The monoisotopic (exact) mass is 430 g/mol. The Morgan fingerprint density at radius 1 is 0.969 bits per heavy atom. The SMILES string of the molecule is COc1cc(C(=O)OCc2cc(=O)n3cc(C)ccc3n2)ccc1OCc1ccccc1. The summed E-state index contributed by atoms with van der Waals surface area (Å²) in [7, 11) is 1.51. The van der Waals surface area contributed by atoms with Crippen LogP contribution in [0.2, 0.25) is 0 Å². The molecule has 0 bridgehead atoms. The Balaban J connectivity index is 1.44. The fourth-order valence-corrected chi connectivity index (χ4v) is 3.20. The van der Waals surface area contributed by atoms with Gasteiger partial charge >= 0.3 is 5.97 Å². The van der Waals surface area contributed by atoms with Crippen LogP contribution in [-0.2, 0) is 18.0 Å². The number of methoxy groups -OCH3 is 1. The van der Waals surface area contributed by atoms with Gasteiger partial charge in [-0.2, -0.15) is 0 Å². The van der Waals surface area contributed by atoms with E-state index in [4.69, 9.17) is 14.2 Å². The van der Waals surface area contributed by atoms with Crippen LogP contribution in [0.5, 0.6) is 11.5 Å². The Labute approximate surface area is 184 Å². The molecular weight excluding hydrogens is 408 g/mol. The molecule has 0 saturated carbocycles. The maximum absolute atomic E-state index is 12.5. The number of aromatic nitrogens is 2. The van der Waals surface area contributed by atoms with Gasteiger partial charge in [-0.05, 0) is 42.3 Å². The number of nitrogens with zero attached hydrogens (tertiary/aromatic N) is 2. The number of esters is 1. The summed E-state index contributed by atoms with van der Waals surface area (Å²) < 4.78 is 18.0. The van der Waals surface area contributed by atoms with Gasteiger partial charge in [-0.25, -0.2) is 9.78 Å². The van der Waals surface area contributed by atoms with Crippen molar-refractivity contribution in [1.29, 1.82) is 0 Å². The lowest BCUT2D eigenvalue weighted by Crippen LogP contribution is -2.17. The summed E-state index contributed by atoms with van der Waals surface area (Å²) >= 11 is 0. The third-order valence-electron chi connectivity index (χ3n) is 4.85. The van der Waals surface area contributed by atoms with E-state index in [1.165, 1.54) is 17.6 Å². The lowest BCUT2D eigenvalue weighted by Gasteiger charge is -2.12. The number of benzene rings is 2. The van der Waals surface area contributed by atoms with Crippen molar-refractivity contribution in [3.8, 4) is 11.5 Å². The number of aryl methyl sites for hydroxylation is 1. The van der Waals surface area contributed by atoms with E-state index < -0.39 is 5.97 Å². The van der Waals surface area contributed by atoms with E-state index in [-0.39, 0.29) is 12.2 Å². The summed E-state index contributed by atoms with van der Waals surface area (Å²) in [5.41, 5.74) is 2.92. The third kappa shape index (κ3) is 4.78. The quantitative estimate of drug-likeness (QED) is 0.413. The van der Waals surface area contributed by atoms with Gasteiger partial charge in [0.1, 0.15) is 18.9 Å². The number of rotatable bonds is 7. The minimum atomic E-state index is -0.552. The smallest absolute Gasteiger partial charge is 0.338 e. The molecule has 0 N–H and O–H groups in total. The molecule has 2 heterocycles. The average Bonchev–Trinajstić information content (AvgIpc) is 2.82. The van der Waals surface area contributed by atoms with Crippen molar-refractivity contribution in [2.75, 3.05) is 7.11 Å². The zero-order valence-electron chi connectivity index (χ0n) is 17.8. The van der Waals surface area contributed by atoms with E-state index in [0.717, 1.165) is 11.1 Å². The molecule has 7 heteroatoms. The zero-order valence-corrected chi connectivity index (χ0v) is 17.8. The van der Waals surface area contributed by atoms with Crippen LogP contribution >= 0.6 is 0 Å². The molecule has 0 spiro atoms. The number of fused-ring (bicyclic) bond motifs is 1. The Morgan fingerprint density at radius 3 is 2.56 bits per heavy atom. The Hall–Kier alpha value is -4.13. The van der Waals surface area contributed by atoms with Gasteiger partial charge in [-0.15, -0.1) is 0 Å². The molecule has 0 saturated heterocycles. The normalized spacial score (nSPS) is 10.7. The average molecular weight is 430 g/mol. The fraction of sp³-hybridized carbons (Fsp3) is 0.160. The van der Waals surface area contributed by atoms with Crippen LogP contribution in [0.15, 0.2) is 77.7 Å². The predicted octanol–water partition coefficient (Wildman–Crippen LogP) is 3.95. The topological polar surface area (TPSA) is 79.1 Å². The van der Waals surface area contributed by atoms with Gasteiger partial charge in [-0.3, -0.25) is 9.20 Å². The molecule has 0 aliphatic heterocycles. The first-order valence-electron chi connectivity index (χ1n) is 10.0. The van der Waals surface area contributed by atoms with Crippen LogP contribution in [0, 0.1) is 6.92 Å². The Kier molecular flexibility index (Phi) is 6.17. The second kappa shape index (κ2) is 9.34. The lowest BCUT2D eigenvalue weighted by atomic mass is 10.2. The molecule has 7 nitrogen and oxygen atoms in total. The number of carbonyl (C=O) groups is 1. The molecule has 0 radical (unpaired) electrons. The first-order valence-corrected chi connectivity index (χ1v) is 10.0. The van der Waals surface area contributed by atoms with Crippen LogP contribution in [0.25, 0.3) is 5.65 Å². The molecule has 0 aliphatic carbocycles.